The molecule has 0 bridgehead atoms. The van der Waals surface area contributed by atoms with E-state index < -0.39 is 11.6 Å². The molecule has 0 saturated heterocycles. The molecule has 36 heavy (non-hydrogen) atoms. The highest BCUT2D eigenvalue weighted by atomic mass is 19.2. The van der Waals surface area contributed by atoms with Crippen LogP contribution in [0.4, 0.5) is 8.78 Å². The maximum absolute atomic E-state index is 13.7. The Morgan fingerprint density at radius 2 is 1.89 bits per heavy atom. The lowest BCUT2D eigenvalue weighted by atomic mass is 10.1. The van der Waals surface area contributed by atoms with Gasteiger partial charge in [-0.25, -0.2) is 8.78 Å². The summed E-state index contributed by atoms with van der Waals surface area (Å²) >= 11 is 0. The van der Waals surface area contributed by atoms with Gasteiger partial charge in [-0.1, -0.05) is 12.1 Å². The highest BCUT2D eigenvalue weighted by Gasteiger charge is 2.24. The van der Waals surface area contributed by atoms with Gasteiger partial charge in [0.2, 0.25) is 0 Å². The zero-order chi connectivity index (χ0) is 25.8. The average Bonchev–Trinajstić information content (AvgIpc) is 3.11. The number of carbonyl (C=O) groups excluding carboxylic acids is 1. The smallest absolute Gasteiger partial charge is 0.254 e. The second-order valence-corrected chi connectivity index (χ2v) is 9.24. The summed E-state index contributed by atoms with van der Waals surface area (Å²) in [4.78, 5) is 20.0. The molecule has 2 heterocycles. The first-order valence-electron chi connectivity index (χ1n) is 11.8. The van der Waals surface area contributed by atoms with Crippen LogP contribution in [0.1, 0.15) is 41.2 Å². The molecule has 0 saturated carbocycles. The average molecular weight is 493 g/mol. The number of aromatic nitrogens is 2. The van der Waals surface area contributed by atoms with Crippen molar-refractivity contribution in [3.63, 3.8) is 0 Å². The van der Waals surface area contributed by atoms with Crippen LogP contribution in [0.3, 0.4) is 0 Å². The standard InChI is InChI=1S/C28H30F2N4O2/c1-18(2)36-21-9-10-22-25(14-21)34(16-20-7-5-6-12-31-20)26(17-33(3)4)27(22)28(35)32-15-19-8-11-23(29)24(30)13-19/h5-14,18H,15-17H2,1-4H3,(H,32,35). The summed E-state index contributed by atoms with van der Waals surface area (Å²) in [6.07, 6.45) is 1.75. The van der Waals surface area contributed by atoms with Crippen molar-refractivity contribution < 1.29 is 18.3 Å². The number of rotatable bonds is 9. The number of benzene rings is 2. The maximum Gasteiger partial charge on any atom is 0.254 e. The Kier molecular flexibility index (Phi) is 7.64. The van der Waals surface area contributed by atoms with Crippen molar-refractivity contribution in [1.29, 1.82) is 0 Å². The van der Waals surface area contributed by atoms with E-state index in [1.807, 2.05) is 69.2 Å². The molecule has 0 aliphatic carbocycles. The minimum atomic E-state index is -0.945. The SMILES string of the molecule is CC(C)Oc1ccc2c(C(=O)NCc3ccc(F)c(F)c3)c(CN(C)C)n(Cc3ccccn3)c2c1. The zero-order valence-electron chi connectivity index (χ0n) is 20.9. The van der Waals surface area contributed by atoms with Crippen molar-refractivity contribution in [3.8, 4) is 5.75 Å². The van der Waals surface area contributed by atoms with E-state index in [0.717, 1.165) is 34.4 Å². The Morgan fingerprint density at radius 3 is 2.56 bits per heavy atom. The first kappa shape index (κ1) is 25.3. The minimum Gasteiger partial charge on any atom is -0.491 e. The van der Waals surface area contributed by atoms with Crippen molar-refractivity contribution in [2.24, 2.45) is 0 Å². The van der Waals surface area contributed by atoms with Crippen LogP contribution in [0.25, 0.3) is 10.9 Å². The number of amides is 1. The molecular formula is C28H30F2N4O2. The third kappa shape index (κ3) is 5.71. The van der Waals surface area contributed by atoms with E-state index in [4.69, 9.17) is 4.74 Å². The number of halogens is 2. The van der Waals surface area contributed by atoms with Crippen LogP contribution >= 0.6 is 0 Å². The molecule has 0 aliphatic heterocycles. The third-order valence-corrected chi connectivity index (χ3v) is 5.69. The van der Waals surface area contributed by atoms with Crippen LogP contribution in [0, 0.1) is 11.6 Å². The van der Waals surface area contributed by atoms with Gasteiger partial charge in [-0.3, -0.25) is 9.78 Å². The normalized spacial score (nSPS) is 11.4. The predicted octanol–water partition coefficient (Wildman–Crippen LogP) is 5.14. The van der Waals surface area contributed by atoms with Crippen LogP contribution in [0.15, 0.2) is 60.8 Å². The minimum absolute atomic E-state index is 0.00164. The number of nitrogens with one attached hydrogen (secondary N) is 1. The molecule has 188 valence electrons. The number of ether oxygens (including phenoxy) is 1. The van der Waals surface area contributed by atoms with Gasteiger partial charge >= 0.3 is 0 Å². The summed E-state index contributed by atoms with van der Waals surface area (Å²) < 4.78 is 35.0. The zero-order valence-corrected chi connectivity index (χ0v) is 20.9. The highest BCUT2D eigenvalue weighted by Crippen LogP contribution is 2.31. The van der Waals surface area contributed by atoms with Gasteiger partial charge in [0.25, 0.3) is 5.91 Å². The molecule has 0 atom stereocenters. The molecule has 0 spiro atoms. The predicted molar refractivity (Wildman–Crippen MR) is 136 cm³/mol. The molecule has 1 N–H and O–H groups in total. The third-order valence-electron chi connectivity index (χ3n) is 5.69. The Labute approximate surface area is 209 Å². The van der Waals surface area contributed by atoms with Gasteiger partial charge in [0.05, 0.1) is 29.4 Å². The molecule has 0 fully saturated rings. The first-order chi connectivity index (χ1) is 17.2. The fraction of sp³-hybridized carbons (Fsp3) is 0.286. The molecule has 1 amide bonds. The van der Waals surface area contributed by atoms with Gasteiger partial charge in [-0.05, 0) is 69.9 Å². The molecule has 0 unspecified atom stereocenters. The van der Waals surface area contributed by atoms with Crippen molar-refractivity contribution in [1.82, 2.24) is 19.8 Å². The van der Waals surface area contributed by atoms with E-state index >= 15 is 0 Å². The van der Waals surface area contributed by atoms with Gasteiger partial charge in [-0.15, -0.1) is 0 Å². The Balaban J connectivity index is 1.80. The highest BCUT2D eigenvalue weighted by molar-refractivity contribution is 6.08. The molecule has 0 aliphatic rings. The van der Waals surface area contributed by atoms with E-state index in [2.05, 4.69) is 14.9 Å². The summed E-state index contributed by atoms with van der Waals surface area (Å²) in [6, 6.07) is 15.1. The van der Waals surface area contributed by atoms with Gasteiger partial charge in [0, 0.05) is 36.4 Å². The number of fused-ring (bicyclic) bond motifs is 1. The fourth-order valence-corrected chi connectivity index (χ4v) is 4.20. The van der Waals surface area contributed by atoms with Crippen molar-refractivity contribution in [2.75, 3.05) is 14.1 Å². The summed E-state index contributed by atoms with van der Waals surface area (Å²) in [5.41, 5.74) is 3.55. The lowest BCUT2D eigenvalue weighted by Crippen LogP contribution is -2.26. The van der Waals surface area contributed by atoms with Crippen LogP contribution in [0.2, 0.25) is 0 Å². The molecule has 4 aromatic rings. The Bertz CT molecular complexity index is 1370. The van der Waals surface area contributed by atoms with Crippen LogP contribution in [-0.2, 0) is 19.6 Å². The van der Waals surface area contributed by atoms with Crippen molar-refractivity contribution >= 4 is 16.8 Å². The maximum atomic E-state index is 13.7. The van der Waals surface area contributed by atoms with E-state index in [1.165, 1.54) is 6.07 Å². The van der Waals surface area contributed by atoms with E-state index in [-0.39, 0.29) is 18.6 Å². The monoisotopic (exact) mass is 492 g/mol. The largest absolute Gasteiger partial charge is 0.491 e. The topological polar surface area (TPSA) is 59.4 Å². The lowest BCUT2D eigenvalue weighted by molar-refractivity contribution is 0.0950. The van der Waals surface area contributed by atoms with Crippen molar-refractivity contribution in [3.05, 3.63) is 94.9 Å². The first-order valence-corrected chi connectivity index (χ1v) is 11.8. The Morgan fingerprint density at radius 1 is 1.08 bits per heavy atom. The summed E-state index contributed by atoms with van der Waals surface area (Å²) in [5.74, 6) is -1.45. The molecule has 2 aromatic heterocycles. The number of nitrogens with zero attached hydrogens (tertiary/aromatic N) is 3. The second kappa shape index (κ2) is 10.9. The molecule has 2 aromatic carbocycles. The quantitative estimate of drug-likeness (QED) is 0.352. The molecule has 8 heteroatoms. The number of hydrogen-bond acceptors (Lipinski definition) is 4. The van der Waals surface area contributed by atoms with Gasteiger partial charge in [0.15, 0.2) is 11.6 Å². The molecule has 6 nitrogen and oxygen atoms in total. The molecule has 4 rings (SSSR count). The van der Waals surface area contributed by atoms with Gasteiger partial charge in [-0.2, -0.15) is 0 Å². The van der Waals surface area contributed by atoms with E-state index in [9.17, 15) is 13.6 Å². The van der Waals surface area contributed by atoms with Crippen LogP contribution in [0.5, 0.6) is 5.75 Å². The summed E-state index contributed by atoms with van der Waals surface area (Å²) in [7, 11) is 3.89. The number of pyridine rings is 1. The van der Waals surface area contributed by atoms with Crippen LogP contribution < -0.4 is 10.1 Å². The lowest BCUT2D eigenvalue weighted by Gasteiger charge is -2.16. The number of hydrogen-bond donors (Lipinski definition) is 1. The van der Waals surface area contributed by atoms with E-state index in [1.54, 1.807) is 6.20 Å². The summed E-state index contributed by atoms with van der Waals surface area (Å²) in [6.45, 7) is 4.98. The fourth-order valence-electron chi connectivity index (χ4n) is 4.20. The van der Waals surface area contributed by atoms with Crippen LogP contribution in [-0.4, -0.2) is 40.6 Å². The molecular weight excluding hydrogens is 462 g/mol. The summed E-state index contributed by atoms with van der Waals surface area (Å²) in [5, 5.41) is 3.66. The van der Waals surface area contributed by atoms with E-state index in [0.29, 0.717) is 30.0 Å². The molecule has 0 radical (unpaired) electrons. The number of carbonyl (C=O) groups is 1. The Hall–Kier alpha value is -3.78. The van der Waals surface area contributed by atoms with Crippen molar-refractivity contribution in [2.45, 2.75) is 39.6 Å². The second-order valence-electron chi connectivity index (χ2n) is 9.24. The van der Waals surface area contributed by atoms with Gasteiger partial charge in [0.1, 0.15) is 5.75 Å². The van der Waals surface area contributed by atoms with Gasteiger partial charge < -0.3 is 19.5 Å².